The van der Waals surface area contributed by atoms with Gasteiger partial charge < -0.3 is 20.1 Å². The SMILES string of the molecule is CN=C(NCc1ccc(F)cc1)NCC(C)(C)c1ccc2c(c1)OCO2. The molecule has 1 heterocycles. The lowest BCUT2D eigenvalue weighted by molar-refractivity contribution is 0.174. The van der Waals surface area contributed by atoms with E-state index in [4.69, 9.17) is 9.47 Å². The minimum Gasteiger partial charge on any atom is -0.454 e. The van der Waals surface area contributed by atoms with E-state index < -0.39 is 0 Å². The Kier molecular flexibility index (Phi) is 5.30. The topological polar surface area (TPSA) is 54.9 Å². The number of guanidine groups is 1. The van der Waals surface area contributed by atoms with E-state index >= 15 is 0 Å². The Morgan fingerprint density at radius 1 is 1.08 bits per heavy atom. The Balaban J connectivity index is 1.57. The molecule has 1 aliphatic heterocycles. The number of nitrogens with one attached hydrogen (secondary N) is 2. The second-order valence-corrected chi connectivity index (χ2v) is 6.86. The Morgan fingerprint density at radius 2 is 1.81 bits per heavy atom. The molecule has 3 rings (SSSR count). The lowest BCUT2D eigenvalue weighted by Gasteiger charge is -2.27. The highest BCUT2D eigenvalue weighted by Crippen LogP contribution is 2.36. The molecular weight excluding hydrogens is 333 g/mol. The fourth-order valence-electron chi connectivity index (χ4n) is 2.73. The van der Waals surface area contributed by atoms with Crippen LogP contribution >= 0.6 is 0 Å². The third-order valence-corrected chi connectivity index (χ3v) is 4.45. The Hall–Kier alpha value is -2.76. The van der Waals surface area contributed by atoms with Gasteiger partial charge in [0, 0.05) is 25.6 Å². The Bertz CT molecular complexity index is 788. The van der Waals surface area contributed by atoms with Crippen LogP contribution in [0.2, 0.25) is 0 Å². The summed E-state index contributed by atoms with van der Waals surface area (Å²) in [6, 6.07) is 12.5. The molecule has 5 nitrogen and oxygen atoms in total. The molecule has 2 N–H and O–H groups in total. The molecule has 26 heavy (non-hydrogen) atoms. The predicted molar refractivity (Wildman–Crippen MR) is 100 cm³/mol. The first kappa shape index (κ1) is 18.0. The van der Waals surface area contributed by atoms with Crippen molar-refractivity contribution in [2.24, 2.45) is 4.99 Å². The van der Waals surface area contributed by atoms with Crippen molar-refractivity contribution in [3.05, 3.63) is 59.4 Å². The quantitative estimate of drug-likeness (QED) is 0.637. The van der Waals surface area contributed by atoms with Crippen LogP contribution in [-0.2, 0) is 12.0 Å². The van der Waals surface area contributed by atoms with Gasteiger partial charge in [0.1, 0.15) is 5.82 Å². The molecule has 138 valence electrons. The van der Waals surface area contributed by atoms with Crippen LogP contribution in [0.15, 0.2) is 47.5 Å². The van der Waals surface area contributed by atoms with E-state index in [0.717, 1.165) is 22.6 Å². The minimum atomic E-state index is -0.235. The first-order valence-electron chi connectivity index (χ1n) is 8.57. The van der Waals surface area contributed by atoms with Crippen molar-refractivity contribution < 1.29 is 13.9 Å². The zero-order chi connectivity index (χ0) is 18.6. The summed E-state index contributed by atoms with van der Waals surface area (Å²) in [7, 11) is 1.73. The molecule has 1 aliphatic rings. The third-order valence-electron chi connectivity index (χ3n) is 4.45. The zero-order valence-corrected chi connectivity index (χ0v) is 15.3. The van der Waals surface area contributed by atoms with Gasteiger partial charge in [-0.25, -0.2) is 4.39 Å². The zero-order valence-electron chi connectivity index (χ0n) is 15.3. The number of hydrogen-bond donors (Lipinski definition) is 2. The van der Waals surface area contributed by atoms with E-state index in [-0.39, 0.29) is 18.0 Å². The van der Waals surface area contributed by atoms with Gasteiger partial charge in [-0.3, -0.25) is 4.99 Å². The van der Waals surface area contributed by atoms with Gasteiger partial charge in [-0.2, -0.15) is 0 Å². The number of benzene rings is 2. The van der Waals surface area contributed by atoms with E-state index in [2.05, 4.69) is 35.5 Å². The Morgan fingerprint density at radius 3 is 2.54 bits per heavy atom. The second kappa shape index (κ2) is 7.64. The van der Waals surface area contributed by atoms with Crippen LogP contribution in [0.4, 0.5) is 4.39 Å². The standard InChI is InChI=1S/C20H24FN3O2/c1-20(2,15-6-9-17-18(10-15)26-13-25-17)12-24-19(22-3)23-11-14-4-7-16(21)8-5-14/h4-10H,11-13H2,1-3H3,(H2,22,23,24). The van der Waals surface area contributed by atoms with Crippen molar-refractivity contribution >= 4 is 5.96 Å². The van der Waals surface area contributed by atoms with Gasteiger partial charge in [0.15, 0.2) is 17.5 Å². The monoisotopic (exact) mass is 357 g/mol. The maximum Gasteiger partial charge on any atom is 0.231 e. The van der Waals surface area contributed by atoms with Crippen molar-refractivity contribution in [1.29, 1.82) is 0 Å². The van der Waals surface area contributed by atoms with Crippen LogP contribution in [0.25, 0.3) is 0 Å². The van der Waals surface area contributed by atoms with Crippen LogP contribution in [0, 0.1) is 5.82 Å². The van der Waals surface area contributed by atoms with Crippen LogP contribution in [0.5, 0.6) is 11.5 Å². The fourth-order valence-corrected chi connectivity index (χ4v) is 2.73. The van der Waals surface area contributed by atoms with Gasteiger partial charge in [-0.05, 0) is 35.4 Å². The van der Waals surface area contributed by atoms with Crippen molar-refractivity contribution in [3.63, 3.8) is 0 Å². The summed E-state index contributed by atoms with van der Waals surface area (Å²) in [4.78, 5) is 4.25. The summed E-state index contributed by atoms with van der Waals surface area (Å²) in [5.41, 5.74) is 2.02. The molecular formula is C20H24FN3O2. The van der Waals surface area contributed by atoms with Crippen molar-refractivity contribution in [2.45, 2.75) is 25.8 Å². The average Bonchev–Trinajstić information content (AvgIpc) is 3.11. The third kappa shape index (κ3) is 4.25. The van der Waals surface area contributed by atoms with Gasteiger partial charge in [0.05, 0.1) is 0 Å². The number of hydrogen-bond acceptors (Lipinski definition) is 3. The predicted octanol–water partition coefficient (Wildman–Crippen LogP) is 3.20. The molecule has 0 aromatic heterocycles. The number of aliphatic imine (C=N–C) groups is 1. The highest BCUT2D eigenvalue weighted by molar-refractivity contribution is 5.79. The van der Waals surface area contributed by atoms with Gasteiger partial charge in [-0.1, -0.05) is 32.0 Å². The first-order valence-corrected chi connectivity index (χ1v) is 8.57. The van der Waals surface area contributed by atoms with Crippen LogP contribution in [0.1, 0.15) is 25.0 Å². The number of fused-ring (bicyclic) bond motifs is 1. The number of nitrogens with zero attached hydrogens (tertiary/aromatic N) is 1. The van der Waals surface area contributed by atoms with Gasteiger partial charge in [0.2, 0.25) is 6.79 Å². The molecule has 0 fully saturated rings. The van der Waals surface area contributed by atoms with E-state index in [9.17, 15) is 4.39 Å². The number of halogens is 1. The summed E-state index contributed by atoms with van der Waals surface area (Å²) in [6.45, 7) is 5.85. The number of rotatable bonds is 5. The average molecular weight is 357 g/mol. The van der Waals surface area contributed by atoms with Gasteiger partial charge in [-0.15, -0.1) is 0 Å². The lowest BCUT2D eigenvalue weighted by atomic mass is 9.84. The maximum absolute atomic E-state index is 13.0. The molecule has 0 aliphatic carbocycles. The van der Waals surface area contributed by atoms with E-state index in [1.807, 2.05) is 12.1 Å². The molecule has 2 aromatic rings. The summed E-state index contributed by atoms with van der Waals surface area (Å²) in [6.07, 6.45) is 0. The second-order valence-electron chi connectivity index (χ2n) is 6.86. The molecule has 0 saturated heterocycles. The van der Waals surface area contributed by atoms with Gasteiger partial charge in [0.25, 0.3) is 0 Å². The van der Waals surface area contributed by atoms with Crippen molar-refractivity contribution in [3.8, 4) is 11.5 Å². The molecule has 0 atom stereocenters. The Labute approximate surface area is 153 Å². The van der Waals surface area contributed by atoms with Crippen LogP contribution in [0.3, 0.4) is 0 Å². The molecule has 0 amide bonds. The molecule has 2 aromatic carbocycles. The number of ether oxygens (including phenoxy) is 2. The van der Waals surface area contributed by atoms with Crippen molar-refractivity contribution in [1.82, 2.24) is 10.6 Å². The normalized spacial score (nSPS) is 13.6. The summed E-state index contributed by atoms with van der Waals surface area (Å²) in [5, 5.41) is 6.59. The molecule has 0 unspecified atom stereocenters. The smallest absolute Gasteiger partial charge is 0.231 e. The van der Waals surface area contributed by atoms with Crippen LogP contribution in [-0.4, -0.2) is 26.3 Å². The highest BCUT2D eigenvalue weighted by Gasteiger charge is 2.24. The first-order chi connectivity index (χ1) is 12.5. The minimum absolute atomic E-state index is 0.130. The lowest BCUT2D eigenvalue weighted by Crippen LogP contribution is -2.43. The molecule has 0 saturated carbocycles. The molecule has 0 radical (unpaired) electrons. The van der Waals surface area contributed by atoms with E-state index in [1.165, 1.54) is 12.1 Å². The van der Waals surface area contributed by atoms with E-state index in [0.29, 0.717) is 19.0 Å². The molecule has 6 heteroatoms. The largest absolute Gasteiger partial charge is 0.454 e. The summed E-state index contributed by atoms with van der Waals surface area (Å²) in [5.74, 6) is 2.04. The van der Waals surface area contributed by atoms with Gasteiger partial charge >= 0.3 is 0 Å². The molecule has 0 spiro atoms. The maximum atomic E-state index is 13.0. The summed E-state index contributed by atoms with van der Waals surface area (Å²) >= 11 is 0. The van der Waals surface area contributed by atoms with Crippen molar-refractivity contribution in [2.75, 3.05) is 20.4 Å². The summed E-state index contributed by atoms with van der Waals surface area (Å²) < 4.78 is 23.8. The molecule has 0 bridgehead atoms. The van der Waals surface area contributed by atoms with E-state index in [1.54, 1.807) is 19.2 Å². The fraction of sp³-hybridized carbons (Fsp3) is 0.350. The highest BCUT2D eigenvalue weighted by atomic mass is 19.1. The van der Waals surface area contributed by atoms with Crippen LogP contribution < -0.4 is 20.1 Å².